The van der Waals surface area contributed by atoms with Crippen LogP contribution in [0.25, 0.3) is 0 Å². The Morgan fingerprint density at radius 2 is 2.37 bits per heavy atom. The molecule has 5 nitrogen and oxygen atoms in total. The van der Waals surface area contributed by atoms with Gasteiger partial charge in [-0.3, -0.25) is 9.69 Å². The summed E-state index contributed by atoms with van der Waals surface area (Å²) in [6, 6.07) is 0.737. The van der Waals surface area contributed by atoms with Crippen LogP contribution in [-0.4, -0.2) is 50.4 Å². The van der Waals surface area contributed by atoms with Crippen molar-refractivity contribution in [3.63, 3.8) is 0 Å². The maximum absolute atomic E-state index is 12.0. The van der Waals surface area contributed by atoms with Gasteiger partial charge in [-0.2, -0.15) is 0 Å². The maximum Gasteiger partial charge on any atom is 0.224 e. The second-order valence-electron chi connectivity index (χ2n) is 5.43. The number of hydrogen-bond donors (Lipinski definition) is 0. The van der Waals surface area contributed by atoms with E-state index in [-0.39, 0.29) is 5.91 Å². The van der Waals surface area contributed by atoms with Crippen LogP contribution in [0.5, 0.6) is 0 Å². The Hall–Kier alpha value is -1.62. The minimum absolute atomic E-state index is 0.268. The molecule has 2 fully saturated rings. The number of imidazole rings is 1. The zero-order chi connectivity index (χ0) is 13.4. The van der Waals surface area contributed by atoms with Gasteiger partial charge < -0.3 is 9.47 Å². The third kappa shape index (κ3) is 2.08. The van der Waals surface area contributed by atoms with Gasteiger partial charge in [0.05, 0.1) is 12.0 Å². The topological polar surface area (TPSA) is 41.4 Å². The quantitative estimate of drug-likeness (QED) is 0.751. The molecule has 1 aromatic heterocycles. The lowest BCUT2D eigenvalue weighted by Gasteiger charge is -2.24. The highest BCUT2D eigenvalue weighted by Crippen LogP contribution is 2.33. The molecule has 1 amide bonds. The van der Waals surface area contributed by atoms with Crippen molar-refractivity contribution in [2.45, 2.75) is 31.5 Å². The largest absolute Gasteiger partial charge is 0.337 e. The summed E-state index contributed by atoms with van der Waals surface area (Å²) in [6.45, 7) is 6.36. The number of likely N-dealkylation sites (tertiary alicyclic amines) is 2. The molecule has 0 aromatic carbocycles. The number of fused-ring (bicyclic) bond motifs is 1. The molecular weight excluding hydrogens is 240 g/mol. The molecule has 2 unspecified atom stereocenters. The number of carbonyl (C=O) groups excluding carboxylic acids is 1. The van der Waals surface area contributed by atoms with Crippen LogP contribution in [0, 0.1) is 0 Å². The zero-order valence-corrected chi connectivity index (χ0v) is 11.3. The zero-order valence-electron chi connectivity index (χ0n) is 11.3. The lowest BCUT2D eigenvalue weighted by atomic mass is 10.1. The molecule has 2 aliphatic rings. The average Bonchev–Trinajstić information content (AvgIpc) is 3.03. The minimum Gasteiger partial charge on any atom is -0.337 e. The summed E-state index contributed by atoms with van der Waals surface area (Å²) in [5.41, 5.74) is 1.20. The molecule has 0 saturated carbocycles. The van der Waals surface area contributed by atoms with E-state index in [2.05, 4.69) is 16.5 Å². The maximum atomic E-state index is 12.0. The Labute approximate surface area is 113 Å². The molecular formula is C14H20N4O. The number of aromatic nitrogens is 2. The molecule has 3 rings (SSSR count). The Morgan fingerprint density at radius 3 is 3.05 bits per heavy atom. The molecule has 0 radical (unpaired) electrons. The van der Waals surface area contributed by atoms with Crippen LogP contribution in [0.4, 0.5) is 0 Å². The fraction of sp³-hybridized carbons (Fsp3) is 0.571. The van der Waals surface area contributed by atoms with Gasteiger partial charge in [0.2, 0.25) is 5.91 Å². The van der Waals surface area contributed by atoms with Gasteiger partial charge in [-0.1, -0.05) is 6.08 Å². The van der Waals surface area contributed by atoms with E-state index in [1.165, 1.54) is 5.69 Å². The third-order valence-corrected chi connectivity index (χ3v) is 4.34. The molecule has 1 aromatic rings. The number of carbonyl (C=O) groups is 1. The number of rotatable bonds is 4. The van der Waals surface area contributed by atoms with Crippen LogP contribution in [-0.2, 0) is 18.4 Å². The van der Waals surface area contributed by atoms with E-state index in [1.54, 1.807) is 0 Å². The lowest BCUT2D eigenvalue weighted by Crippen LogP contribution is -2.37. The van der Waals surface area contributed by atoms with E-state index in [4.69, 9.17) is 0 Å². The van der Waals surface area contributed by atoms with Gasteiger partial charge in [0, 0.05) is 51.4 Å². The van der Waals surface area contributed by atoms with Crippen molar-refractivity contribution in [3.8, 4) is 0 Å². The minimum atomic E-state index is 0.268. The predicted molar refractivity (Wildman–Crippen MR) is 72.3 cm³/mol. The van der Waals surface area contributed by atoms with Crippen molar-refractivity contribution >= 4 is 5.91 Å². The summed E-state index contributed by atoms with van der Waals surface area (Å²) >= 11 is 0. The van der Waals surface area contributed by atoms with Crippen LogP contribution in [0.15, 0.2) is 25.2 Å². The first-order valence-electron chi connectivity index (χ1n) is 6.80. The molecule has 5 heteroatoms. The third-order valence-electron chi connectivity index (χ3n) is 4.34. The standard InChI is InChI=1S/C14H20N4O/c1-3-5-18-12-4-6-17(13(12)7-14(18)19)9-11-8-15-10-16(11)2/h3,8,10,12-13H,1,4-7,9H2,2H3. The Morgan fingerprint density at radius 1 is 1.53 bits per heavy atom. The highest BCUT2D eigenvalue weighted by molar-refractivity contribution is 5.80. The van der Waals surface area contributed by atoms with Crippen molar-refractivity contribution in [2.75, 3.05) is 13.1 Å². The molecule has 0 N–H and O–H groups in total. The van der Waals surface area contributed by atoms with Gasteiger partial charge in [-0.05, 0) is 6.42 Å². The van der Waals surface area contributed by atoms with E-state index < -0.39 is 0 Å². The fourth-order valence-electron chi connectivity index (χ4n) is 3.33. The van der Waals surface area contributed by atoms with E-state index >= 15 is 0 Å². The molecule has 0 aliphatic carbocycles. The number of aryl methyl sites for hydroxylation is 1. The van der Waals surface area contributed by atoms with E-state index in [0.29, 0.717) is 25.0 Å². The van der Waals surface area contributed by atoms with Crippen molar-refractivity contribution < 1.29 is 4.79 Å². The molecule has 2 atom stereocenters. The molecule has 19 heavy (non-hydrogen) atoms. The molecule has 3 heterocycles. The monoisotopic (exact) mass is 260 g/mol. The SMILES string of the molecule is C=CCN1C(=O)CC2C1CCN2Cc1cncn1C. The summed E-state index contributed by atoms with van der Waals surface area (Å²) < 4.78 is 2.05. The summed E-state index contributed by atoms with van der Waals surface area (Å²) in [4.78, 5) is 20.6. The van der Waals surface area contributed by atoms with Crippen molar-refractivity contribution in [3.05, 3.63) is 30.9 Å². The van der Waals surface area contributed by atoms with Crippen LogP contribution < -0.4 is 0 Å². The van der Waals surface area contributed by atoms with Crippen LogP contribution in [0.1, 0.15) is 18.5 Å². The normalized spacial score (nSPS) is 27.0. The van der Waals surface area contributed by atoms with E-state index in [1.807, 2.05) is 35.1 Å². The number of nitrogens with zero attached hydrogens (tertiary/aromatic N) is 4. The smallest absolute Gasteiger partial charge is 0.224 e. The molecule has 0 bridgehead atoms. The van der Waals surface area contributed by atoms with Gasteiger partial charge in [0.15, 0.2) is 0 Å². The van der Waals surface area contributed by atoms with Gasteiger partial charge in [0.25, 0.3) is 0 Å². The summed E-state index contributed by atoms with van der Waals surface area (Å²) in [5, 5.41) is 0. The Bertz CT molecular complexity index is 495. The van der Waals surface area contributed by atoms with Crippen molar-refractivity contribution in [2.24, 2.45) is 7.05 Å². The van der Waals surface area contributed by atoms with Crippen LogP contribution >= 0.6 is 0 Å². The van der Waals surface area contributed by atoms with Crippen LogP contribution in [0.3, 0.4) is 0 Å². The molecule has 2 aliphatic heterocycles. The first-order valence-corrected chi connectivity index (χ1v) is 6.80. The van der Waals surface area contributed by atoms with Gasteiger partial charge in [-0.25, -0.2) is 4.98 Å². The Kier molecular flexibility index (Phi) is 3.14. The van der Waals surface area contributed by atoms with E-state index in [9.17, 15) is 4.79 Å². The lowest BCUT2D eigenvalue weighted by molar-refractivity contribution is -0.128. The van der Waals surface area contributed by atoms with E-state index in [0.717, 1.165) is 19.5 Å². The summed E-state index contributed by atoms with van der Waals surface area (Å²) in [7, 11) is 2.01. The predicted octanol–water partition coefficient (Wildman–Crippen LogP) is 0.781. The first-order chi connectivity index (χ1) is 9.20. The fourth-order valence-corrected chi connectivity index (χ4v) is 3.33. The molecule has 102 valence electrons. The highest BCUT2D eigenvalue weighted by atomic mass is 16.2. The highest BCUT2D eigenvalue weighted by Gasteiger charge is 2.46. The molecule has 0 spiro atoms. The summed E-state index contributed by atoms with van der Waals surface area (Å²) in [5.74, 6) is 0.268. The number of amides is 1. The Balaban J connectivity index is 1.72. The van der Waals surface area contributed by atoms with Gasteiger partial charge in [-0.15, -0.1) is 6.58 Å². The number of hydrogen-bond acceptors (Lipinski definition) is 3. The van der Waals surface area contributed by atoms with Crippen LogP contribution in [0.2, 0.25) is 0 Å². The van der Waals surface area contributed by atoms with Gasteiger partial charge in [0.1, 0.15) is 0 Å². The second kappa shape index (κ2) is 4.81. The van der Waals surface area contributed by atoms with Crippen molar-refractivity contribution in [1.29, 1.82) is 0 Å². The first kappa shape index (κ1) is 12.4. The second-order valence-corrected chi connectivity index (χ2v) is 5.43. The molecule has 2 saturated heterocycles. The average molecular weight is 260 g/mol. The van der Waals surface area contributed by atoms with Crippen molar-refractivity contribution in [1.82, 2.24) is 19.4 Å². The summed E-state index contributed by atoms with van der Waals surface area (Å²) in [6.07, 6.45) is 7.28. The van der Waals surface area contributed by atoms with Gasteiger partial charge >= 0.3 is 0 Å².